The fourth-order valence-electron chi connectivity index (χ4n) is 2.29. The van der Waals surface area contributed by atoms with E-state index in [0.717, 1.165) is 26.3 Å². The summed E-state index contributed by atoms with van der Waals surface area (Å²) in [5.74, 6) is 0.0949. The van der Waals surface area contributed by atoms with E-state index in [1.165, 1.54) is 0 Å². The number of ether oxygens (including phenoxy) is 1. The zero-order valence-corrected chi connectivity index (χ0v) is 8.98. The van der Waals surface area contributed by atoms with Crippen molar-refractivity contribution in [3.05, 3.63) is 29.8 Å². The Labute approximate surface area is 94.0 Å². The predicted octanol–water partition coefficient (Wildman–Crippen LogP) is 0.741. The van der Waals surface area contributed by atoms with E-state index in [4.69, 9.17) is 10.5 Å². The van der Waals surface area contributed by atoms with Gasteiger partial charge in [-0.1, -0.05) is 0 Å². The Morgan fingerprint density at radius 1 is 1.25 bits per heavy atom. The second-order valence-electron chi connectivity index (χ2n) is 4.78. The highest BCUT2D eigenvalue weighted by molar-refractivity contribution is 5.95. The van der Waals surface area contributed by atoms with Crippen molar-refractivity contribution < 1.29 is 9.53 Å². The number of hydrogen-bond acceptors (Lipinski definition) is 3. The number of nitrogens with zero attached hydrogens (tertiary/aromatic N) is 1. The molecule has 4 heteroatoms. The van der Waals surface area contributed by atoms with Gasteiger partial charge in [0.25, 0.3) is 5.91 Å². The maximum atomic E-state index is 12.0. The molecule has 16 heavy (non-hydrogen) atoms. The van der Waals surface area contributed by atoms with Crippen LogP contribution in [0.2, 0.25) is 0 Å². The fraction of sp³-hybridized carbons (Fsp3) is 0.417. The molecule has 0 aliphatic carbocycles. The second kappa shape index (κ2) is 3.22. The zero-order chi connectivity index (χ0) is 11.2. The van der Waals surface area contributed by atoms with Crippen LogP contribution in [-0.2, 0) is 4.74 Å². The molecule has 4 nitrogen and oxygen atoms in total. The largest absolute Gasteiger partial charge is 0.399 e. The number of anilines is 1. The molecular weight excluding hydrogens is 204 g/mol. The molecule has 1 aromatic carbocycles. The highest BCUT2D eigenvalue weighted by atomic mass is 16.5. The van der Waals surface area contributed by atoms with E-state index in [9.17, 15) is 4.79 Å². The lowest BCUT2D eigenvalue weighted by Gasteiger charge is -2.54. The number of carbonyl (C=O) groups is 1. The smallest absolute Gasteiger partial charge is 0.253 e. The standard InChI is InChI=1S/C12H14N2O2/c13-10-3-1-9(2-4-10)11(15)14-5-12(6-14)7-16-8-12/h1-4H,5-8,13H2. The summed E-state index contributed by atoms with van der Waals surface area (Å²) in [6.07, 6.45) is 0. The molecule has 0 atom stereocenters. The second-order valence-corrected chi connectivity index (χ2v) is 4.78. The number of carbonyl (C=O) groups excluding carboxylic acids is 1. The van der Waals surface area contributed by atoms with E-state index < -0.39 is 0 Å². The molecule has 2 saturated heterocycles. The van der Waals surface area contributed by atoms with Crippen molar-refractivity contribution in [2.45, 2.75) is 0 Å². The van der Waals surface area contributed by atoms with Crippen LogP contribution >= 0.6 is 0 Å². The molecule has 0 radical (unpaired) electrons. The first-order valence-corrected chi connectivity index (χ1v) is 5.41. The summed E-state index contributed by atoms with van der Waals surface area (Å²) in [7, 11) is 0. The van der Waals surface area contributed by atoms with E-state index in [1.807, 2.05) is 4.90 Å². The van der Waals surface area contributed by atoms with Gasteiger partial charge in [0, 0.05) is 24.3 Å². The highest BCUT2D eigenvalue weighted by Gasteiger charge is 2.50. The zero-order valence-electron chi connectivity index (χ0n) is 8.98. The topological polar surface area (TPSA) is 55.6 Å². The summed E-state index contributed by atoms with van der Waals surface area (Å²) in [6, 6.07) is 7.07. The highest BCUT2D eigenvalue weighted by Crippen LogP contribution is 2.38. The van der Waals surface area contributed by atoms with Crippen LogP contribution in [0.25, 0.3) is 0 Å². The number of hydrogen-bond donors (Lipinski definition) is 1. The summed E-state index contributed by atoms with van der Waals surface area (Å²) in [6.45, 7) is 3.27. The number of nitrogens with two attached hydrogens (primary N) is 1. The van der Waals surface area contributed by atoms with Crippen molar-refractivity contribution in [3.63, 3.8) is 0 Å². The van der Waals surface area contributed by atoms with Crippen molar-refractivity contribution in [1.82, 2.24) is 4.90 Å². The Morgan fingerprint density at radius 3 is 2.38 bits per heavy atom. The number of benzene rings is 1. The van der Waals surface area contributed by atoms with E-state index >= 15 is 0 Å². The lowest BCUT2D eigenvalue weighted by molar-refractivity contribution is -0.176. The Kier molecular flexibility index (Phi) is 1.94. The molecule has 2 aliphatic heterocycles. The maximum absolute atomic E-state index is 12.0. The molecule has 2 heterocycles. The van der Waals surface area contributed by atoms with Gasteiger partial charge in [-0.3, -0.25) is 4.79 Å². The van der Waals surface area contributed by atoms with Gasteiger partial charge in [0.05, 0.1) is 18.6 Å². The van der Waals surface area contributed by atoms with Crippen LogP contribution in [0.5, 0.6) is 0 Å². The Balaban J connectivity index is 1.68. The average Bonchev–Trinajstić information content (AvgIpc) is 2.14. The van der Waals surface area contributed by atoms with E-state index in [0.29, 0.717) is 11.3 Å². The first-order valence-electron chi connectivity index (χ1n) is 5.41. The summed E-state index contributed by atoms with van der Waals surface area (Å²) in [4.78, 5) is 13.9. The normalized spacial score (nSPS) is 21.4. The lowest BCUT2D eigenvalue weighted by Crippen LogP contribution is -2.67. The van der Waals surface area contributed by atoms with Crippen LogP contribution in [0.3, 0.4) is 0 Å². The molecule has 1 amide bonds. The van der Waals surface area contributed by atoms with Crippen LogP contribution in [-0.4, -0.2) is 37.1 Å². The monoisotopic (exact) mass is 218 g/mol. The third-order valence-electron chi connectivity index (χ3n) is 3.31. The van der Waals surface area contributed by atoms with Crippen molar-refractivity contribution in [2.75, 3.05) is 32.0 Å². The van der Waals surface area contributed by atoms with Crippen LogP contribution in [0.1, 0.15) is 10.4 Å². The third kappa shape index (κ3) is 1.38. The van der Waals surface area contributed by atoms with Crippen molar-refractivity contribution >= 4 is 11.6 Å². The minimum Gasteiger partial charge on any atom is -0.399 e. The van der Waals surface area contributed by atoms with Gasteiger partial charge in [0.1, 0.15) is 0 Å². The van der Waals surface area contributed by atoms with Gasteiger partial charge >= 0.3 is 0 Å². The summed E-state index contributed by atoms with van der Waals surface area (Å²) >= 11 is 0. The maximum Gasteiger partial charge on any atom is 0.253 e. The van der Waals surface area contributed by atoms with E-state index in [-0.39, 0.29) is 11.3 Å². The minimum atomic E-state index is 0.0949. The van der Waals surface area contributed by atoms with E-state index in [1.54, 1.807) is 24.3 Å². The molecule has 0 bridgehead atoms. The predicted molar refractivity (Wildman–Crippen MR) is 60.0 cm³/mol. The first kappa shape index (κ1) is 9.66. The molecule has 2 aliphatic rings. The van der Waals surface area contributed by atoms with Gasteiger partial charge in [0.15, 0.2) is 0 Å². The third-order valence-corrected chi connectivity index (χ3v) is 3.31. The van der Waals surface area contributed by atoms with Crippen LogP contribution in [0.15, 0.2) is 24.3 Å². The number of nitrogen functional groups attached to an aromatic ring is 1. The van der Waals surface area contributed by atoms with Crippen molar-refractivity contribution in [3.8, 4) is 0 Å². The van der Waals surface area contributed by atoms with Gasteiger partial charge in [-0.05, 0) is 24.3 Å². The van der Waals surface area contributed by atoms with Crippen LogP contribution < -0.4 is 5.73 Å². The Morgan fingerprint density at radius 2 is 1.88 bits per heavy atom. The fourth-order valence-corrected chi connectivity index (χ4v) is 2.29. The molecule has 2 fully saturated rings. The lowest BCUT2D eigenvalue weighted by atomic mass is 9.78. The molecular formula is C12H14N2O2. The van der Waals surface area contributed by atoms with Crippen molar-refractivity contribution in [2.24, 2.45) is 5.41 Å². The quantitative estimate of drug-likeness (QED) is 0.707. The average molecular weight is 218 g/mol. The van der Waals surface area contributed by atoms with Crippen LogP contribution in [0.4, 0.5) is 5.69 Å². The number of amides is 1. The van der Waals surface area contributed by atoms with E-state index in [2.05, 4.69) is 0 Å². The van der Waals surface area contributed by atoms with Gasteiger partial charge in [-0.15, -0.1) is 0 Å². The molecule has 0 aromatic heterocycles. The Bertz CT molecular complexity index is 415. The number of likely N-dealkylation sites (tertiary alicyclic amines) is 1. The molecule has 0 saturated carbocycles. The van der Waals surface area contributed by atoms with Crippen LogP contribution in [0, 0.1) is 5.41 Å². The number of rotatable bonds is 1. The summed E-state index contributed by atoms with van der Waals surface area (Å²) in [5, 5.41) is 0. The van der Waals surface area contributed by atoms with Gasteiger partial charge in [-0.25, -0.2) is 0 Å². The molecule has 3 rings (SSSR count). The van der Waals surface area contributed by atoms with Gasteiger partial charge < -0.3 is 15.4 Å². The summed E-state index contributed by atoms with van der Waals surface area (Å²) in [5.41, 5.74) is 7.26. The molecule has 0 unspecified atom stereocenters. The molecule has 1 spiro atoms. The van der Waals surface area contributed by atoms with Gasteiger partial charge in [-0.2, -0.15) is 0 Å². The molecule has 2 N–H and O–H groups in total. The first-order chi connectivity index (χ1) is 7.69. The summed E-state index contributed by atoms with van der Waals surface area (Å²) < 4.78 is 5.18. The minimum absolute atomic E-state index is 0.0949. The molecule has 84 valence electrons. The molecule has 1 aromatic rings. The van der Waals surface area contributed by atoms with Gasteiger partial charge in [0.2, 0.25) is 0 Å². The van der Waals surface area contributed by atoms with Crippen molar-refractivity contribution in [1.29, 1.82) is 0 Å². The SMILES string of the molecule is Nc1ccc(C(=O)N2CC3(COC3)C2)cc1. The Hall–Kier alpha value is -1.55.